The van der Waals surface area contributed by atoms with Crippen molar-refractivity contribution in [2.24, 2.45) is 5.92 Å². The van der Waals surface area contributed by atoms with Gasteiger partial charge in [-0.05, 0) is 59.4 Å². The number of aliphatic hydroxyl groups excluding tert-OH is 5. The van der Waals surface area contributed by atoms with Gasteiger partial charge in [0.2, 0.25) is 5.91 Å². The number of aliphatic hydroxyl groups is 5. The van der Waals surface area contributed by atoms with Gasteiger partial charge in [-0.1, -0.05) is 72.8 Å². The zero-order chi connectivity index (χ0) is 32.5. The van der Waals surface area contributed by atoms with Gasteiger partial charge in [-0.25, -0.2) is 4.39 Å². The Morgan fingerprint density at radius 1 is 0.826 bits per heavy atom. The van der Waals surface area contributed by atoms with Crippen molar-refractivity contribution >= 4 is 11.6 Å². The molecule has 2 fully saturated rings. The number of carbonyl (C=O) groups is 1. The highest BCUT2D eigenvalue weighted by molar-refractivity contribution is 6.03. The van der Waals surface area contributed by atoms with Crippen molar-refractivity contribution in [2.75, 3.05) is 11.5 Å². The SMILES string of the molecule is O=C1[C@H](CC[C@H](O)c2ccccc2)[C@@H](c2ccc(-c3ccc([C@@H]4O[C@H](CO)[C@@H](O)[C@H](O)[C@H]4O)cc3)cc2O)N1c1cccc(F)c1. The molecule has 10 heteroatoms. The van der Waals surface area contributed by atoms with Crippen molar-refractivity contribution in [1.82, 2.24) is 0 Å². The Morgan fingerprint density at radius 2 is 1.54 bits per heavy atom. The van der Waals surface area contributed by atoms with Crippen molar-refractivity contribution in [3.63, 3.8) is 0 Å². The molecule has 0 aliphatic carbocycles. The van der Waals surface area contributed by atoms with Gasteiger partial charge in [-0.15, -0.1) is 0 Å². The summed E-state index contributed by atoms with van der Waals surface area (Å²) in [5.74, 6) is -1.30. The molecular formula is C36H36FNO8. The predicted octanol–water partition coefficient (Wildman–Crippen LogP) is 3.93. The fourth-order valence-electron chi connectivity index (χ4n) is 6.49. The van der Waals surface area contributed by atoms with Crippen molar-refractivity contribution in [2.45, 2.75) is 55.5 Å². The third-order valence-corrected chi connectivity index (χ3v) is 9.05. The highest BCUT2D eigenvalue weighted by Crippen LogP contribution is 2.49. The lowest BCUT2D eigenvalue weighted by Crippen LogP contribution is -2.55. The summed E-state index contributed by atoms with van der Waals surface area (Å²) in [5.41, 5.74) is 3.54. The van der Waals surface area contributed by atoms with E-state index in [9.17, 15) is 39.8 Å². The van der Waals surface area contributed by atoms with E-state index >= 15 is 0 Å². The number of carbonyl (C=O) groups excluding carboxylic acids is 1. The lowest BCUT2D eigenvalue weighted by Gasteiger charge is -2.48. The van der Waals surface area contributed by atoms with Crippen LogP contribution < -0.4 is 4.90 Å². The summed E-state index contributed by atoms with van der Waals surface area (Å²) in [4.78, 5) is 14.9. The summed E-state index contributed by atoms with van der Waals surface area (Å²) in [6, 6.07) is 26.4. The minimum absolute atomic E-state index is 0.0528. The lowest BCUT2D eigenvalue weighted by atomic mass is 9.77. The van der Waals surface area contributed by atoms with Crippen LogP contribution in [0.25, 0.3) is 11.1 Å². The van der Waals surface area contributed by atoms with E-state index < -0.39 is 61.0 Å². The quantitative estimate of drug-likeness (QED) is 0.153. The van der Waals surface area contributed by atoms with Gasteiger partial charge in [0.15, 0.2) is 0 Å². The van der Waals surface area contributed by atoms with Crippen molar-refractivity contribution < 1.29 is 44.6 Å². The Morgan fingerprint density at radius 3 is 2.22 bits per heavy atom. The second-order valence-electron chi connectivity index (χ2n) is 11.9. The molecule has 0 bridgehead atoms. The van der Waals surface area contributed by atoms with Crippen LogP contribution in [0.15, 0.2) is 97.1 Å². The van der Waals surface area contributed by atoms with Gasteiger partial charge >= 0.3 is 0 Å². The van der Waals surface area contributed by atoms with E-state index in [4.69, 9.17) is 4.74 Å². The van der Waals surface area contributed by atoms with Crippen LogP contribution in [0.1, 0.15) is 47.8 Å². The van der Waals surface area contributed by atoms with Crippen LogP contribution in [0.2, 0.25) is 0 Å². The Bertz CT molecular complexity index is 1670. The number of β-lactam (4-membered cyclic amide) rings is 1. The van der Waals surface area contributed by atoms with Gasteiger partial charge in [0.25, 0.3) is 0 Å². The van der Waals surface area contributed by atoms with Crippen LogP contribution >= 0.6 is 0 Å². The van der Waals surface area contributed by atoms with Crippen LogP contribution in [0.5, 0.6) is 5.75 Å². The first kappa shape index (κ1) is 31.8. The molecule has 240 valence electrons. The number of ether oxygens (including phenoxy) is 1. The molecule has 0 aromatic heterocycles. The first-order valence-corrected chi connectivity index (χ1v) is 15.2. The van der Waals surface area contributed by atoms with Gasteiger partial charge in [0.05, 0.1) is 24.7 Å². The van der Waals surface area contributed by atoms with Crippen LogP contribution in [-0.4, -0.2) is 67.6 Å². The lowest BCUT2D eigenvalue weighted by molar-refractivity contribution is -0.231. The van der Waals surface area contributed by atoms with E-state index in [0.29, 0.717) is 35.2 Å². The summed E-state index contributed by atoms with van der Waals surface area (Å²) < 4.78 is 19.8. The summed E-state index contributed by atoms with van der Waals surface area (Å²) in [7, 11) is 0. The second kappa shape index (κ2) is 13.3. The first-order chi connectivity index (χ1) is 22.2. The maximum absolute atomic E-state index is 14.2. The number of phenolic OH excluding ortho intramolecular Hbond substituents is 1. The van der Waals surface area contributed by atoms with Crippen LogP contribution in [0.4, 0.5) is 10.1 Å². The molecule has 2 saturated heterocycles. The van der Waals surface area contributed by atoms with Crippen molar-refractivity contribution in [3.8, 4) is 16.9 Å². The molecule has 0 unspecified atom stereocenters. The fraction of sp³-hybridized carbons (Fsp3) is 0.306. The van der Waals surface area contributed by atoms with Gasteiger partial charge in [0.1, 0.15) is 42.1 Å². The zero-order valence-electron chi connectivity index (χ0n) is 24.8. The van der Waals surface area contributed by atoms with Gasteiger partial charge < -0.3 is 40.3 Å². The topological polar surface area (TPSA) is 151 Å². The maximum Gasteiger partial charge on any atom is 0.233 e. The Labute approximate surface area is 265 Å². The van der Waals surface area contributed by atoms with Gasteiger partial charge in [0, 0.05) is 11.3 Å². The van der Waals surface area contributed by atoms with Gasteiger partial charge in [-0.2, -0.15) is 0 Å². The zero-order valence-corrected chi connectivity index (χ0v) is 24.8. The smallest absolute Gasteiger partial charge is 0.233 e. The molecule has 0 saturated carbocycles. The third kappa shape index (κ3) is 6.03. The number of amides is 1. The molecule has 9 nitrogen and oxygen atoms in total. The predicted molar refractivity (Wildman–Crippen MR) is 167 cm³/mol. The molecule has 1 amide bonds. The van der Waals surface area contributed by atoms with E-state index in [2.05, 4.69) is 0 Å². The number of halogens is 1. The fourth-order valence-corrected chi connectivity index (χ4v) is 6.49. The number of aromatic hydroxyl groups is 1. The third-order valence-electron chi connectivity index (χ3n) is 9.05. The number of benzene rings is 4. The molecule has 0 radical (unpaired) electrons. The van der Waals surface area contributed by atoms with E-state index in [-0.39, 0.29) is 11.7 Å². The molecule has 8 atom stereocenters. The standard InChI is InChI=1S/C36H36FNO8/c37-24-7-4-8-25(18-24)38-31(27(36(38)45)15-16-28(40)21-5-2-1-3-6-21)26-14-13-23(17-29(26)41)20-9-11-22(12-10-20)35-34(44)33(43)32(42)30(19-39)46-35/h1-14,17-18,27-28,30-35,39-44H,15-16,19H2/t27-,28+,30-,31-,32-,33+,34-,35+/m1/s1. The molecule has 6 rings (SSSR count). The van der Waals surface area contributed by atoms with Crippen LogP contribution in [0.3, 0.4) is 0 Å². The first-order valence-electron chi connectivity index (χ1n) is 15.2. The monoisotopic (exact) mass is 629 g/mol. The molecule has 2 aliphatic heterocycles. The summed E-state index contributed by atoms with van der Waals surface area (Å²) in [5, 5.41) is 62.3. The molecular weight excluding hydrogens is 593 g/mol. The van der Waals surface area contributed by atoms with E-state index in [1.54, 1.807) is 48.5 Å². The molecule has 4 aromatic carbocycles. The van der Waals surface area contributed by atoms with Crippen molar-refractivity contribution in [1.29, 1.82) is 0 Å². The van der Waals surface area contributed by atoms with E-state index in [1.807, 2.05) is 30.3 Å². The molecule has 46 heavy (non-hydrogen) atoms. The summed E-state index contributed by atoms with van der Waals surface area (Å²) in [6.45, 7) is -0.525. The highest BCUT2D eigenvalue weighted by Gasteiger charge is 2.49. The van der Waals surface area contributed by atoms with Crippen molar-refractivity contribution in [3.05, 3.63) is 120 Å². The molecule has 4 aromatic rings. The van der Waals surface area contributed by atoms with Gasteiger partial charge in [-0.3, -0.25) is 4.79 Å². The number of rotatable bonds is 9. The molecule has 6 N–H and O–H groups in total. The normalized spacial score (nSPS) is 26.9. The molecule has 2 aliphatic rings. The second-order valence-corrected chi connectivity index (χ2v) is 11.9. The Balaban J connectivity index is 1.24. The average molecular weight is 630 g/mol. The minimum atomic E-state index is -1.49. The number of hydrogen-bond acceptors (Lipinski definition) is 8. The summed E-state index contributed by atoms with van der Waals surface area (Å²) in [6.07, 6.45) is -6.42. The minimum Gasteiger partial charge on any atom is -0.508 e. The number of phenols is 1. The highest BCUT2D eigenvalue weighted by atomic mass is 19.1. The van der Waals surface area contributed by atoms with Crippen LogP contribution in [0, 0.1) is 11.7 Å². The largest absolute Gasteiger partial charge is 0.508 e. The van der Waals surface area contributed by atoms with E-state index in [0.717, 1.165) is 11.1 Å². The Kier molecular flexibility index (Phi) is 9.19. The molecule has 2 heterocycles. The molecule has 0 spiro atoms. The summed E-state index contributed by atoms with van der Waals surface area (Å²) >= 11 is 0. The van der Waals surface area contributed by atoms with Crippen LogP contribution in [-0.2, 0) is 9.53 Å². The number of hydrogen-bond donors (Lipinski definition) is 6. The number of anilines is 1. The maximum atomic E-state index is 14.2. The Hall–Kier alpha value is -4.16. The van der Waals surface area contributed by atoms with E-state index in [1.165, 1.54) is 23.1 Å². The average Bonchev–Trinajstić information content (AvgIpc) is 3.07. The number of nitrogens with zero attached hydrogens (tertiary/aromatic N) is 1.